The molecule has 1 aromatic rings. The molecule has 0 aromatic heterocycles. The molecule has 0 heterocycles. The van der Waals surface area contributed by atoms with E-state index in [2.05, 4.69) is 4.72 Å². The molecule has 2 atom stereocenters. The van der Waals surface area contributed by atoms with E-state index in [4.69, 9.17) is 16.9 Å². The maximum atomic E-state index is 12.0. The topological polar surface area (TPSA) is 87.0 Å². The van der Waals surface area contributed by atoms with Crippen molar-refractivity contribution in [3.8, 4) is 6.07 Å². The molecule has 0 aliphatic carbocycles. The molecule has 0 saturated heterocycles. The Morgan fingerprint density at radius 2 is 2.16 bits per heavy atom. The molecular weight excluding hydrogens is 308 g/mol. The van der Waals surface area contributed by atoms with Gasteiger partial charge in [-0.1, -0.05) is 11.6 Å². The summed E-state index contributed by atoms with van der Waals surface area (Å²) in [5, 5.41) is 8.80. The third kappa shape index (κ3) is 4.58. The molecule has 0 saturated carbocycles. The Hall–Kier alpha value is -0.940. The molecule has 0 bridgehead atoms. The molecule has 1 N–H and O–H groups in total. The Labute approximate surface area is 120 Å². The molecule has 2 unspecified atom stereocenters. The average molecular weight is 321 g/mol. The second kappa shape index (κ2) is 6.48. The van der Waals surface area contributed by atoms with Crippen LogP contribution < -0.4 is 4.72 Å². The van der Waals surface area contributed by atoms with Gasteiger partial charge in [-0.15, -0.1) is 0 Å². The highest BCUT2D eigenvalue weighted by molar-refractivity contribution is 7.89. The lowest BCUT2D eigenvalue weighted by Crippen LogP contribution is -2.36. The Kier molecular flexibility index (Phi) is 5.50. The number of rotatable bonds is 5. The molecule has 0 aliphatic heterocycles. The summed E-state index contributed by atoms with van der Waals surface area (Å²) >= 11 is 5.79. The first-order valence-corrected chi connectivity index (χ1v) is 8.87. The number of nitrogens with zero attached hydrogens (tertiary/aromatic N) is 1. The van der Waals surface area contributed by atoms with Gasteiger partial charge in [0, 0.05) is 28.9 Å². The minimum Gasteiger partial charge on any atom is -0.260 e. The van der Waals surface area contributed by atoms with Crippen LogP contribution in [0, 0.1) is 11.3 Å². The fourth-order valence-electron chi connectivity index (χ4n) is 1.47. The van der Waals surface area contributed by atoms with Gasteiger partial charge < -0.3 is 0 Å². The number of sulfonamides is 1. The minimum atomic E-state index is -3.73. The van der Waals surface area contributed by atoms with E-state index < -0.39 is 26.9 Å². The summed E-state index contributed by atoms with van der Waals surface area (Å²) in [4.78, 5) is -0.0229. The van der Waals surface area contributed by atoms with Crippen molar-refractivity contribution in [3.05, 3.63) is 28.8 Å². The largest absolute Gasteiger partial charge is 0.260 e. The molecule has 0 radical (unpaired) electrons. The van der Waals surface area contributed by atoms with Crippen LogP contribution in [0.5, 0.6) is 0 Å². The van der Waals surface area contributed by atoms with Crippen molar-refractivity contribution in [2.45, 2.75) is 17.9 Å². The Bertz CT molecular complexity index is 638. The van der Waals surface area contributed by atoms with Gasteiger partial charge in [-0.3, -0.25) is 4.21 Å². The summed E-state index contributed by atoms with van der Waals surface area (Å²) in [6.07, 6.45) is 1.50. The number of benzene rings is 1. The van der Waals surface area contributed by atoms with Gasteiger partial charge in [-0.2, -0.15) is 5.26 Å². The summed E-state index contributed by atoms with van der Waals surface area (Å²) in [5.74, 6) is 0.225. The molecule has 19 heavy (non-hydrogen) atoms. The third-order valence-electron chi connectivity index (χ3n) is 2.21. The fraction of sp³-hybridized carbons (Fsp3) is 0.364. The number of nitrogens with one attached hydrogen (secondary N) is 1. The van der Waals surface area contributed by atoms with E-state index in [1.54, 1.807) is 6.92 Å². The van der Waals surface area contributed by atoms with Crippen LogP contribution in [-0.2, 0) is 20.8 Å². The molecule has 0 spiro atoms. The van der Waals surface area contributed by atoms with Gasteiger partial charge in [0.2, 0.25) is 10.0 Å². The van der Waals surface area contributed by atoms with Crippen LogP contribution in [0.15, 0.2) is 23.1 Å². The van der Waals surface area contributed by atoms with Crippen molar-refractivity contribution in [2.24, 2.45) is 0 Å². The number of nitriles is 1. The highest BCUT2D eigenvalue weighted by atomic mass is 35.5. The van der Waals surface area contributed by atoms with Crippen molar-refractivity contribution >= 4 is 32.4 Å². The summed E-state index contributed by atoms with van der Waals surface area (Å²) < 4.78 is 37.5. The minimum absolute atomic E-state index is 0.0229. The van der Waals surface area contributed by atoms with Crippen molar-refractivity contribution in [1.82, 2.24) is 4.72 Å². The lowest BCUT2D eigenvalue weighted by molar-refractivity contribution is 0.570. The normalized spacial score (nSPS) is 14.6. The van der Waals surface area contributed by atoms with Crippen molar-refractivity contribution in [2.75, 3.05) is 12.0 Å². The van der Waals surface area contributed by atoms with Crippen LogP contribution in [0.2, 0.25) is 5.02 Å². The smallest absolute Gasteiger partial charge is 0.240 e. The average Bonchev–Trinajstić information content (AvgIpc) is 2.26. The van der Waals surface area contributed by atoms with E-state index in [0.29, 0.717) is 0 Å². The fourth-order valence-corrected chi connectivity index (χ4v) is 3.92. The third-order valence-corrected chi connectivity index (χ3v) is 5.08. The molecule has 0 amide bonds. The lowest BCUT2D eigenvalue weighted by Gasteiger charge is -2.13. The van der Waals surface area contributed by atoms with Crippen LogP contribution >= 0.6 is 11.6 Å². The molecule has 0 aliphatic rings. The lowest BCUT2D eigenvalue weighted by atomic mass is 10.2. The maximum Gasteiger partial charge on any atom is 0.240 e. The molecule has 0 fully saturated rings. The van der Waals surface area contributed by atoms with Crippen molar-refractivity contribution in [1.29, 1.82) is 5.26 Å². The number of hydrogen-bond donors (Lipinski definition) is 1. The van der Waals surface area contributed by atoms with E-state index in [1.807, 2.05) is 6.07 Å². The van der Waals surface area contributed by atoms with E-state index in [-0.39, 0.29) is 21.2 Å². The molecule has 104 valence electrons. The van der Waals surface area contributed by atoms with Gasteiger partial charge in [-0.25, -0.2) is 13.1 Å². The first-order valence-electron chi connectivity index (χ1n) is 5.28. The maximum absolute atomic E-state index is 12.0. The molecule has 5 nitrogen and oxygen atoms in total. The molecule has 1 rings (SSSR count). The van der Waals surface area contributed by atoms with Crippen LogP contribution in [0.1, 0.15) is 12.5 Å². The van der Waals surface area contributed by atoms with E-state index >= 15 is 0 Å². The van der Waals surface area contributed by atoms with Gasteiger partial charge in [-0.05, 0) is 25.1 Å². The summed E-state index contributed by atoms with van der Waals surface area (Å²) in [6.45, 7) is 1.63. The van der Waals surface area contributed by atoms with Crippen molar-refractivity contribution in [3.63, 3.8) is 0 Å². The van der Waals surface area contributed by atoms with Crippen LogP contribution in [0.3, 0.4) is 0 Å². The monoisotopic (exact) mass is 320 g/mol. The van der Waals surface area contributed by atoms with E-state index in [0.717, 1.165) is 0 Å². The van der Waals surface area contributed by atoms with Crippen LogP contribution in [-0.4, -0.2) is 30.7 Å². The van der Waals surface area contributed by atoms with Gasteiger partial charge >= 0.3 is 0 Å². The van der Waals surface area contributed by atoms with Crippen LogP contribution in [0.4, 0.5) is 0 Å². The first kappa shape index (κ1) is 16.1. The zero-order valence-electron chi connectivity index (χ0n) is 10.4. The SMILES string of the molecule is CC(CS(C)=O)NS(=O)(=O)c1ccc(C#N)c(Cl)c1. The second-order valence-electron chi connectivity index (χ2n) is 4.02. The Morgan fingerprint density at radius 3 is 2.63 bits per heavy atom. The van der Waals surface area contributed by atoms with Gasteiger partial charge in [0.15, 0.2) is 0 Å². The van der Waals surface area contributed by atoms with Gasteiger partial charge in [0.05, 0.1) is 15.5 Å². The Balaban J connectivity index is 2.98. The molecular formula is C11H13ClN2O3S2. The molecule has 8 heteroatoms. The first-order chi connectivity index (χ1) is 8.76. The summed E-state index contributed by atoms with van der Waals surface area (Å²) in [5.41, 5.74) is 0.211. The predicted octanol–water partition coefficient (Wildman–Crippen LogP) is 1.26. The zero-order valence-corrected chi connectivity index (χ0v) is 12.8. The number of hydrogen-bond acceptors (Lipinski definition) is 4. The van der Waals surface area contributed by atoms with Gasteiger partial charge in [0.25, 0.3) is 0 Å². The molecule has 1 aromatic carbocycles. The van der Waals surface area contributed by atoms with E-state index in [9.17, 15) is 12.6 Å². The zero-order chi connectivity index (χ0) is 14.6. The highest BCUT2D eigenvalue weighted by Crippen LogP contribution is 2.20. The predicted molar refractivity (Wildman–Crippen MR) is 74.9 cm³/mol. The number of halogens is 1. The quantitative estimate of drug-likeness (QED) is 0.884. The Morgan fingerprint density at radius 1 is 1.53 bits per heavy atom. The summed E-state index contributed by atoms with van der Waals surface area (Å²) in [7, 11) is -4.82. The van der Waals surface area contributed by atoms with E-state index in [1.165, 1.54) is 24.5 Å². The van der Waals surface area contributed by atoms with Crippen molar-refractivity contribution < 1.29 is 12.6 Å². The summed E-state index contributed by atoms with van der Waals surface area (Å²) in [6, 6.07) is 5.27. The van der Waals surface area contributed by atoms with Gasteiger partial charge in [0.1, 0.15) is 6.07 Å². The highest BCUT2D eigenvalue weighted by Gasteiger charge is 2.19. The second-order valence-corrected chi connectivity index (χ2v) is 7.62. The van der Waals surface area contributed by atoms with Crippen LogP contribution in [0.25, 0.3) is 0 Å². The standard InChI is InChI=1S/C11H13ClN2O3S2/c1-8(7-18(2)15)14-19(16,17)10-4-3-9(6-13)11(12)5-10/h3-5,8,14H,7H2,1-2H3.